The summed E-state index contributed by atoms with van der Waals surface area (Å²) in [6, 6.07) is 14.8. The monoisotopic (exact) mass is 368 g/mol. The maximum Gasteiger partial charge on any atom is 0.162 e. The van der Waals surface area contributed by atoms with Crippen LogP contribution in [0.1, 0.15) is 43.0 Å². The molecule has 0 amide bonds. The first-order valence-electron chi connectivity index (χ1n) is 9.46. The van der Waals surface area contributed by atoms with Crippen LogP contribution in [0.15, 0.2) is 52.3 Å². The van der Waals surface area contributed by atoms with Crippen molar-refractivity contribution < 1.29 is 4.79 Å². The van der Waals surface area contributed by atoms with E-state index < -0.39 is 0 Å². The van der Waals surface area contributed by atoms with E-state index in [4.69, 9.17) is 0 Å². The zero-order chi connectivity index (χ0) is 18.5. The minimum atomic E-state index is 0.256. The van der Waals surface area contributed by atoms with Gasteiger partial charge in [-0.25, -0.2) is 0 Å². The second-order valence-corrected chi connectivity index (χ2v) is 8.17. The van der Waals surface area contributed by atoms with Crippen molar-refractivity contribution in [2.45, 2.75) is 42.4 Å². The van der Waals surface area contributed by atoms with Crippen LogP contribution in [-0.4, -0.2) is 37.9 Å². The van der Waals surface area contributed by atoms with Crippen molar-refractivity contribution in [2.24, 2.45) is 0 Å². The number of Topliss-reactive ketones (excluding diaryl/α,β-unsaturated/α-hetero) is 1. The van der Waals surface area contributed by atoms with E-state index in [0.29, 0.717) is 6.42 Å². The van der Waals surface area contributed by atoms with E-state index >= 15 is 0 Å². The molecule has 0 saturated carbocycles. The third-order valence-corrected chi connectivity index (χ3v) is 5.82. The van der Waals surface area contributed by atoms with Gasteiger partial charge in [0, 0.05) is 28.3 Å². The molecule has 26 heavy (non-hydrogen) atoms. The zero-order valence-electron chi connectivity index (χ0n) is 16.0. The molecule has 4 heteroatoms. The fourth-order valence-electron chi connectivity index (χ4n) is 3.27. The van der Waals surface area contributed by atoms with Crippen molar-refractivity contribution >= 4 is 28.9 Å². The van der Waals surface area contributed by atoms with Gasteiger partial charge < -0.3 is 9.80 Å². The lowest BCUT2D eigenvalue weighted by atomic mass is 10.0. The molecule has 0 radical (unpaired) electrons. The lowest BCUT2D eigenvalue weighted by Crippen LogP contribution is -2.25. The predicted octanol–water partition coefficient (Wildman–Crippen LogP) is 5.61. The number of hydrogen-bond donors (Lipinski definition) is 0. The smallest absolute Gasteiger partial charge is 0.162 e. The van der Waals surface area contributed by atoms with E-state index in [-0.39, 0.29) is 5.78 Å². The van der Waals surface area contributed by atoms with Crippen LogP contribution in [0.4, 0.5) is 11.4 Å². The van der Waals surface area contributed by atoms with Crippen LogP contribution in [0.5, 0.6) is 0 Å². The Kier molecular flexibility index (Phi) is 6.38. The van der Waals surface area contributed by atoms with E-state index in [1.807, 2.05) is 6.07 Å². The summed E-state index contributed by atoms with van der Waals surface area (Å²) in [4.78, 5) is 19.6. The first-order valence-corrected chi connectivity index (χ1v) is 10.3. The quantitative estimate of drug-likeness (QED) is 0.565. The maximum atomic E-state index is 12.5. The van der Waals surface area contributed by atoms with Gasteiger partial charge in [0.2, 0.25) is 0 Å². The second-order valence-electron chi connectivity index (χ2n) is 7.09. The molecular formula is C22H28N2OS. The molecule has 0 saturated heterocycles. The summed E-state index contributed by atoms with van der Waals surface area (Å²) >= 11 is 1.80. The molecule has 0 spiro atoms. The van der Waals surface area contributed by atoms with Crippen LogP contribution >= 0.6 is 11.8 Å². The van der Waals surface area contributed by atoms with Gasteiger partial charge in [0.1, 0.15) is 0 Å². The molecule has 3 nitrogen and oxygen atoms in total. The third-order valence-electron chi connectivity index (χ3n) is 4.69. The Hall–Kier alpha value is -1.78. The van der Waals surface area contributed by atoms with Crippen molar-refractivity contribution in [3.05, 3.63) is 48.0 Å². The van der Waals surface area contributed by atoms with Crippen molar-refractivity contribution in [2.75, 3.05) is 32.1 Å². The van der Waals surface area contributed by atoms with Gasteiger partial charge >= 0.3 is 0 Å². The third kappa shape index (κ3) is 4.30. The molecule has 2 aromatic rings. The number of carbonyl (C=O) groups is 1. The molecule has 0 aliphatic carbocycles. The standard InChI is InChI=1S/C22H28N2OS/c1-4-5-10-20(25)17-12-13-22-19(16-17)24(15-8-14-23(2)3)18-9-6-7-11-21(18)26-22/h6-7,9,11-13,16H,4-5,8,10,14-15H2,1-3H3. The number of rotatable bonds is 8. The first kappa shape index (κ1) is 19.0. The number of hydrogen-bond acceptors (Lipinski definition) is 4. The molecule has 0 N–H and O–H groups in total. The highest BCUT2D eigenvalue weighted by Gasteiger charge is 2.24. The minimum absolute atomic E-state index is 0.256. The van der Waals surface area contributed by atoms with E-state index in [1.54, 1.807) is 11.8 Å². The van der Waals surface area contributed by atoms with E-state index in [9.17, 15) is 4.79 Å². The Bertz CT molecular complexity index is 772. The number of nitrogens with zero attached hydrogens (tertiary/aromatic N) is 2. The molecule has 3 rings (SSSR count). The van der Waals surface area contributed by atoms with Crippen LogP contribution in [0.2, 0.25) is 0 Å². The topological polar surface area (TPSA) is 23.6 Å². The number of unbranched alkanes of at least 4 members (excludes halogenated alkanes) is 1. The van der Waals surface area contributed by atoms with Crippen LogP contribution < -0.4 is 4.90 Å². The Balaban J connectivity index is 1.91. The van der Waals surface area contributed by atoms with E-state index in [1.165, 1.54) is 21.2 Å². The van der Waals surface area contributed by atoms with Gasteiger partial charge in [-0.15, -0.1) is 0 Å². The molecule has 0 aromatic heterocycles. The average molecular weight is 369 g/mol. The molecule has 1 aliphatic heterocycles. The Morgan fingerprint density at radius 2 is 1.81 bits per heavy atom. The molecule has 2 aromatic carbocycles. The van der Waals surface area contributed by atoms with Crippen molar-refractivity contribution in [1.82, 2.24) is 4.90 Å². The van der Waals surface area contributed by atoms with Gasteiger partial charge in [-0.1, -0.05) is 43.3 Å². The summed E-state index contributed by atoms with van der Waals surface area (Å²) in [5.41, 5.74) is 3.27. The SMILES string of the molecule is CCCCC(=O)c1ccc2c(c1)N(CCCN(C)C)c1ccccc1S2. The van der Waals surface area contributed by atoms with E-state index in [2.05, 4.69) is 67.2 Å². The Morgan fingerprint density at radius 3 is 2.58 bits per heavy atom. The lowest BCUT2D eigenvalue weighted by molar-refractivity contribution is 0.0979. The zero-order valence-corrected chi connectivity index (χ0v) is 16.8. The summed E-state index contributed by atoms with van der Waals surface area (Å²) in [5, 5.41) is 0. The lowest BCUT2D eigenvalue weighted by Gasteiger charge is -2.33. The largest absolute Gasteiger partial charge is 0.340 e. The summed E-state index contributed by atoms with van der Waals surface area (Å²) < 4.78 is 0. The van der Waals surface area contributed by atoms with Crippen LogP contribution in [0.3, 0.4) is 0 Å². The summed E-state index contributed by atoms with van der Waals surface area (Å²) in [6.45, 7) is 4.13. The summed E-state index contributed by atoms with van der Waals surface area (Å²) in [5.74, 6) is 0.256. The Labute approximate surface area is 161 Å². The number of para-hydroxylation sites is 1. The van der Waals surface area contributed by atoms with Gasteiger partial charge in [-0.05, 0) is 57.7 Å². The van der Waals surface area contributed by atoms with Gasteiger partial charge in [0.05, 0.1) is 11.4 Å². The van der Waals surface area contributed by atoms with Gasteiger partial charge in [0.25, 0.3) is 0 Å². The van der Waals surface area contributed by atoms with Crippen molar-refractivity contribution in [1.29, 1.82) is 0 Å². The molecular weight excluding hydrogens is 340 g/mol. The Morgan fingerprint density at radius 1 is 1.04 bits per heavy atom. The van der Waals surface area contributed by atoms with E-state index in [0.717, 1.165) is 37.9 Å². The fraction of sp³-hybridized carbons (Fsp3) is 0.409. The average Bonchev–Trinajstić information content (AvgIpc) is 2.65. The van der Waals surface area contributed by atoms with Gasteiger partial charge in [-0.2, -0.15) is 0 Å². The van der Waals surface area contributed by atoms with Gasteiger partial charge in [0.15, 0.2) is 5.78 Å². The molecule has 1 heterocycles. The molecule has 0 fully saturated rings. The summed E-state index contributed by atoms with van der Waals surface area (Å²) in [7, 11) is 4.22. The molecule has 0 atom stereocenters. The highest BCUT2D eigenvalue weighted by atomic mass is 32.2. The fourth-order valence-corrected chi connectivity index (χ4v) is 4.35. The molecule has 1 aliphatic rings. The summed E-state index contributed by atoms with van der Waals surface area (Å²) in [6.07, 6.45) is 3.73. The molecule has 0 bridgehead atoms. The maximum absolute atomic E-state index is 12.5. The normalized spacial score (nSPS) is 12.8. The second kappa shape index (κ2) is 8.74. The predicted molar refractivity (Wildman–Crippen MR) is 111 cm³/mol. The minimum Gasteiger partial charge on any atom is -0.340 e. The van der Waals surface area contributed by atoms with Gasteiger partial charge in [-0.3, -0.25) is 4.79 Å². The first-order chi connectivity index (χ1) is 12.6. The highest BCUT2D eigenvalue weighted by molar-refractivity contribution is 7.99. The molecule has 0 unspecified atom stereocenters. The molecule has 138 valence electrons. The number of fused-ring (bicyclic) bond motifs is 2. The number of anilines is 2. The number of carbonyl (C=O) groups excluding carboxylic acids is 1. The van der Waals surface area contributed by atoms with Crippen LogP contribution in [0, 0.1) is 0 Å². The highest BCUT2D eigenvalue weighted by Crippen LogP contribution is 2.48. The number of benzene rings is 2. The van der Waals surface area contributed by atoms with Crippen molar-refractivity contribution in [3.63, 3.8) is 0 Å². The number of ketones is 1. The van der Waals surface area contributed by atoms with Crippen LogP contribution in [0.25, 0.3) is 0 Å². The van der Waals surface area contributed by atoms with Crippen LogP contribution in [-0.2, 0) is 0 Å². The van der Waals surface area contributed by atoms with Crippen molar-refractivity contribution in [3.8, 4) is 0 Å².